The van der Waals surface area contributed by atoms with Gasteiger partial charge >= 0.3 is 0 Å². The summed E-state index contributed by atoms with van der Waals surface area (Å²) >= 11 is 0. The zero-order chi connectivity index (χ0) is 70.4. The fraction of sp³-hybridized carbons (Fsp3) is 0.582. The Bertz CT molecular complexity index is 2620. The lowest BCUT2D eigenvalue weighted by molar-refractivity contribution is -0.121. The Balaban J connectivity index is 0. The number of carbonyl (C=O) groups is 9. The number of unbranched alkanes of at least 4 members (excludes halogenated alkanes) is 13. The fourth-order valence-electron chi connectivity index (χ4n) is 9.41. The van der Waals surface area contributed by atoms with Crippen LogP contribution in [0.5, 0.6) is 0 Å². The predicted molar refractivity (Wildman–Crippen MR) is 391 cm³/mol. The van der Waals surface area contributed by atoms with Gasteiger partial charge < -0.3 is 51.1 Å². The van der Waals surface area contributed by atoms with Crippen molar-refractivity contribution in [3.63, 3.8) is 0 Å². The maximum Gasteiger partial charge on any atom is 0.219 e. The highest BCUT2D eigenvalue weighted by atomic mass is 16.2. The summed E-state index contributed by atoms with van der Waals surface area (Å²) < 4.78 is 0. The van der Waals surface area contributed by atoms with Crippen LogP contribution in [0.15, 0.2) is 97.1 Å². The molecule has 94 heavy (non-hydrogen) atoms. The number of hydrogen-bond acceptors (Lipinski definition) is 14. The second-order valence-corrected chi connectivity index (χ2v) is 24.4. The molecule has 15 nitrogen and oxygen atoms in total. The highest BCUT2D eigenvalue weighted by molar-refractivity contribution is 5.97. The van der Waals surface area contributed by atoms with E-state index < -0.39 is 0 Å². The van der Waals surface area contributed by atoms with E-state index in [0.29, 0.717) is 44.3 Å². The lowest BCUT2D eigenvalue weighted by Gasteiger charge is -2.05. The van der Waals surface area contributed by atoms with Gasteiger partial charge in [-0.1, -0.05) is 155 Å². The second-order valence-electron chi connectivity index (χ2n) is 24.4. The minimum absolute atomic E-state index is 0.117. The van der Waals surface area contributed by atoms with Crippen LogP contribution in [0.4, 0.5) is 0 Å². The van der Waals surface area contributed by atoms with Gasteiger partial charge in [-0.15, -0.1) is 0 Å². The van der Waals surface area contributed by atoms with Crippen LogP contribution in [0.3, 0.4) is 0 Å². The number of carbonyl (C=O) groups excluding carboxylic acids is 9. The van der Waals surface area contributed by atoms with Gasteiger partial charge in [-0.05, 0) is 202 Å². The van der Waals surface area contributed by atoms with Gasteiger partial charge in [0, 0.05) is 86.8 Å². The van der Waals surface area contributed by atoms with Crippen LogP contribution in [0, 0.1) is 0 Å². The van der Waals surface area contributed by atoms with Crippen LogP contribution in [0.25, 0.3) is 0 Å². The molecule has 0 bridgehead atoms. The molecule has 0 saturated carbocycles. The van der Waals surface area contributed by atoms with Crippen molar-refractivity contribution in [2.75, 3.05) is 61.4 Å². The van der Waals surface area contributed by atoms with Gasteiger partial charge in [0.1, 0.15) is 23.1 Å². The highest BCUT2D eigenvalue weighted by Gasteiger charge is 2.08. The molecule has 526 valence electrons. The van der Waals surface area contributed by atoms with Gasteiger partial charge in [-0.25, -0.2) is 0 Å². The number of nitrogens with one attached hydrogen (secondary N) is 6. The molecule has 6 N–H and O–H groups in total. The largest absolute Gasteiger partial charge is 0.356 e. The van der Waals surface area contributed by atoms with Gasteiger partial charge in [0.2, 0.25) is 5.91 Å². The zero-order valence-corrected chi connectivity index (χ0v) is 60.5. The van der Waals surface area contributed by atoms with Crippen molar-refractivity contribution < 1.29 is 43.2 Å². The van der Waals surface area contributed by atoms with E-state index in [1.165, 1.54) is 47.9 Å². The Morgan fingerprint density at radius 3 is 0.872 bits per heavy atom. The first-order chi connectivity index (χ1) is 45.2. The van der Waals surface area contributed by atoms with E-state index in [4.69, 9.17) is 0 Å². The molecular formula is C79H126N6O9. The van der Waals surface area contributed by atoms with Crippen LogP contribution >= 0.6 is 0 Å². The number of ketones is 8. The fourth-order valence-corrected chi connectivity index (χ4v) is 9.41. The van der Waals surface area contributed by atoms with Crippen molar-refractivity contribution >= 4 is 52.2 Å². The van der Waals surface area contributed by atoms with Crippen LogP contribution in [0.1, 0.15) is 279 Å². The third-order valence-electron chi connectivity index (χ3n) is 15.2. The Morgan fingerprint density at radius 2 is 0.564 bits per heavy atom. The highest BCUT2D eigenvalue weighted by Crippen LogP contribution is 2.15. The third-order valence-corrected chi connectivity index (χ3v) is 15.2. The Kier molecular flexibility index (Phi) is 59.7. The van der Waals surface area contributed by atoms with Crippen LogP contribution in [0.2, 0.25) is 0 Å². The Hall–Kier alpha value is -6.49. The maximum absolute atomic E-state index is 12.1. The number of Topliss-reactive ketones (excluding diaryl/α,β-unsaturated/α-hetero) is 8. The van der Waals surface area contributed by atoms with Crippen molar-refractivity contribution in [1.29, 1.82) is 0 Å². The van der Waals surface area contributed by atoms with Gasteiger partial charge in [0.15, 0.2) is 23.1 Å². The van der Waals surface area contributed by atoms with E-state index in [1.54, 1.807) is 41.5 Å². The lowest BCUT2D eigenvalue weighted by atomic mass is 10.0. The minimum Gasteiger partial charge on any atom is -0.356 e. The topological polar surface area (TPSA) is 226 Å². The molecule has 4 aromatic rings. The van der Waals surface area contributed by atoms with E-state index in [-0.39, 0.29) is 46.4 Å². The van der Waals surface area contributed by atoms with E-state index in [1.807, 2.05) is 120 Å². The quantitative estimate of drug-likeness (QED) is 0.0179. The maximum atomic E-state index is 12.1. The Labute approximate surface area is 568 Å². The molecule has 0 radical (unpaired) electrons. The molecule has 0 heterocycles. The molecule has 0 spiro atoms. The standard InChI is InChI=1S/C19H28O2.C17H25NO2.C14H28N2O2.C11H15NO.C10H13NO.C8H17NO/c1-3-4-10-17-12-14-18(15-13-17)19(21)11-8-6-5-7-9-16(2)20;1-14(19)7-5-3-4-6-8-17(20)16-11-9-15(10-12-16)13-18-2;1-13(17)9-5-3-8-12-16-14(18)10-6-4-7-11-15-2;1-9(13)11-5-3-10(4-6-11)7-8-12-2;1-8(12)10-5-3-9(4-6-10)7-11-2;1-8(10)6-4-3-5-7-9-2/h12-15H,3-11H2,1-2H3;9-12,18H,3-8,13H2,1-2H3;15H,3-12H2,1-2H3,(H,16,18);3-6,12H,7-8H2,1-2H3;3-6,11H,7H2,1-2H3;9H,3-7H2,1-2H3. The van der Waals surface area contributed by atoms with Crippen LogP contribution in [-0.4, -0.2) is 114 Å². The molecule has 15 heteroatoms. The summed E-state index contributed by atoms with van der Waals surface area (Å²) in [6, 6.07) is 31.3. The number of rotatable bonds is 46. The van der Waals surface area contributed by atoms with E-state index >= 15 is 0 Å². The van der Waals surface area contributed by atoms with Crippen LogP contribution < -0.4 is 31.9 Å². The summed E-state index contributed by atoms with van der Waals surface area (Å²) in [7, 11) is 9.64. The van der Waals surface area contributed by atoms with Crippen molar-refractivity contribution in [2.24, 2.45) is 0 Å². The zero-order valence-electron chi connectivity index (χ0n) is 60.5. The molecule has 1 amide bonds. The molecule has 0 unspecified atom stereocenters. The molecule has 4 aromatic carbocycles. The van der Waals surface area contributed by atoms with E-state index in [9.17, 15) is 43.2 Å². The first-order valence-electron chi connectivity index (χ1n) is 35.1. The van der Waals surface area contributed by atoms with Crippen molar-refractivity contribution in [1.82, 2.24) is 31.9 Å². The first-order valence-corrected chi connectivity index (χ1v) is 35.1. The summed E-state index contributed by atoms with van der Waals surface area (Å²) in [6.07, 6.45) is 26.5. The molecule has 0 aliphatic rings. The SMILES string of the molecule is CCCCc1ccc(C(=O)CCCCCCC(C)=O)cc1.CNCCCCCC(=O)NCCCCCC(C)=O.CNCCCCCC(C)=O.CNCCc1ccc(C(C)=O)cc1.CNCc1ccc(C(=O)CCCCCCC(C)=O)cc1.CNCc1ccc(C(C)=O)cc1. The average Bonchev–Trinajstić information content (AvgIpc) is 1.38. The minimum atomic E-state index is 0.117. The van der Waals surface area contributed by atoms with Crippen molar-refractivity contribution in [3.05, 3.63) is 142 Å². The molecule has 0 atom stereocenters. The monoisotopic (exact) mass is 1300 g/mol. The third kappa shape index (κ3) is 55.9. The molecular weight excluding hydrogens is 1180 g/mol. The molecule has 0 aliphatic heterocycles. The summed E-state index contributed by atoms with van der Waals surface area (Å²) in [5, 5.41) is 18.3. The van der Waals surface area contributed by atoms with Gasteiger partial charge in [-0.2, -0.15) is 0 Å². The number of likely N-dealkylation sites (N-methyl/N-ethyl adjacent to an activating group) is 1. The second kappa shape index (κ2) is 62.6. The van der Waals surface area contributed by atoms with Crippen molar-refractivity contribution in [3.8, 4) is 0 Å². The average molecular weight is 1300 g/mol. The smallest absolute Gasteiger partial charge is 0.219 e. The summed E-state index contributed by atoms with van der Waals surface area (Å²) in [6.45, 7) is 17.4. The van der Waals surface area contributed by atoms with E-state index in [2.05, 4.69) is 51.0 Å². The summed E-state index contributed by atoms with van der Waals surface area (Å²) in [4.78, 5) is 100. The number of benzene rings is 4. The molecule has 0 aliphatic carbocycles. The van der Waals surface area contributed by atoms with Gasteiger partial charge in [-0.3, -0.25) is 24.0 Å². The van der Waals surface area contributed by atoms with E-state index in [0.717, 1.165) is 177 Å². The summed E-state index contributed by atoms with van der Waals surface area (Å²) in [5.74, 6) is 1.93. The van der Waals surface area contributed by atoms with Crippen molar-refractivity contribution in [2.45, 2.75) is 241 Å². The first kappa shape index (κ1) is 89.6. The molecule has 0 saturated heterocycles. The molecule has 0 aromatic heterocycles. The number of aryl methyl sites for hydroxylation is 1. The molecule has 0 fully saturated rings. The normalized spacial score (nSPS) is 10.3. The van der Waals surface area contributed by atoms with Gasteiger partial charge in [0.25, 0.3) is 0 Å². The summed E-state index contributed by atoms with van der Waals surface area (Å²) in [5.41, 5.74) is 8.16. The lowest BCUT2D eigenvalue weighted by Crippen LogP contribution is -2.24. The van der Waals surface area contributed by atoms with Crippen LogP contribution in [-0.2, 0) is 49.9 Å². The predicted octanol–water partition coefficient (Wildman–Crippen LogP) is 15.3. The number of amides is 1. The number of hydrogen-bond donors (Lipinski definition) is 6. The molecule has 4 rings (SSSR count). The Morgan fingerprint density at radius 1 is 0.277 bits per heavy atom. The van der Waals surface area contributed by atoms with Gasteiger partial charge in [0.05, 0.1) is 0 Å².